The van der Waals surface area contributed by atoms with Crippen LogP contribution in [0.2, 0.25) is 0 Å². The number of benzene rings is 3. The lowest BCUT2D eigenvalue weighted by Gasteiger charge is -2.25. The van der Waals surface area contributed by atoms with E-state index in [1.807, 2.05) is 67.6 Å². The summed E-state index contributed by atoms with van der Waals surface area (Å²) < 4.78 is 11.1. The molecule has 3 aromatic carbocycles. The number of esters is 1. The summed E-state index contributed by atoms with van der Waals surface area (Å²) in [6.45, 7) is 4.49. The van der Waals surface area contributed by atoms with E-state index < -0.39 is 11.4 Å². The normalized spacial score (nSPS) is 18.9. The third-order valence-corrected chi connectivity index (χ3v) is 7.31. The van der Waals surface area contributed by atoms with Gasteiger partial charge in [-0.15, -0.1) is 0 Å². The standard InChI is InChI=1S/C31H35N3O4/c1-21-18-24(28(32)33)13-16-27(21)23-11-14-26(15-12-23)38-20-25-19-31(2,30(36)37-3)29(35)34(25)17-7-10-22-8-5-4-6-9-22/h4-6,8-9,11-16,18,25H,7,10,17,19-20H2,1-3H3,(H3,32,33)/t25-,31-/m0/s1. The summed E-state index contributed by atoms with van der Waals surface area (Å²) in [5, 5.41) is 7.63. The second-order valence-corrected chi connectivity index (χ2v) is 10.0. The molecule has 1 heterocycles. The van der Waals surface area contributed by atoms with Crippen molar-refractivity contribution in [2.24, 2.45) is 11.1 Å². The minimum Gasteiger partial charge on any atom is -0.491 e. The molecule has 1 aliphatic rings. The van der Waals surface area contributed by atoms with Crippen molar-refractivity contribution in [2.45, 2.75) is 39.2 Å². The van der Waals surface area contributed by atoms with Crippen LogP contribution in [0.1, 0.15) is 36.5 Å². The van der Waals surface area contributed by atoms with Crippen molar-refractivity contribution in [3.63, 3.8) is 0 Å². The van der Waals surface area contributed by atoms with E-state index in [1.54, 1.807) is 11.8 Å². The molecular formula is C31H35N3O4. The first-order valence-corrected chi connectivity index (χ1v) is 12.8. The Morgan fingerprint density at radius 1 is 1.11 bits per heavy atom. The molecule has 7 heteroatoms. The second-order valence-electron chi connectivity index (χ2n) is 10.0. The number of amidine groups is 1. The number of rotatable bonds is 10. The van der Waals surface area contributed by atoms with Gasteiger partial charge in [-0.1, -0.05) is 54.6 Å². The second kappa shape index (κ2) is 11.5. The van der Waals surface area contributed by atoms with E-state index in [1.165, 1.54) is 12.7 Å². The Morgan fingerprint density at radius 3 is 2.45 bits per heavy atom. The maximum absolute atomic E-state index is 13.3. The molecule has 0 spiro atoms. The predicted octanol–water partition coefficient (Wildman–Crippen LogP) is 4.74. The van der Waals surface area contributed by atoms with E-state index >= 15 is 0 Å². The fraction of sp³-hybridized carbons (Fsp3) is 0.323. The molecule has 1 fully saturated rings. The number of ether oxygens (including phenoxy) is 2. The number of nitrogens with one attached hydrogen (secondary N) is 1. The summed E-state index contributed by atoms with van der Waals surface area (Å²) in [6, 6.07) is 23.4. The number of carbonyl (C=O) groups is 2. The van der Waals surface area contributed by atoms with Crippen LogP contribution in [0.25, 0.3) is 11.1 Å². The van der Waals surface area contributed by atoms with Crippen LogP contribution >= 0.6 is 0 Å². The quantitative estimate of drug-likeness (QED) is 0.176. The Hall–Kier alpha value is -4.13. The molecule has 3 N–H and O–H groups in total. The molecule has 0 aromatic heterocycles. The van der Waals surface area contributed by atoms with Gasteiger partial charge in [0.25, 0.3) is 0 Å². The van der Waals surface area contributed by atoms with E-state index in [0.717, 1.165) is 29.5 Å². The summed E-state index contributed by atoms with van der Waals surface area (Å²) >= 11 is 0. The van der Waals surface area contributed by atoms with Gasteiger partial charge in [-0.05, 0) is 73.6 Å². The molecule has 0 aliphatic carbocycles. The van der Waals surface area contributed by atoms with Gasteiger partial charge in [-0.25, -0.2) is 0 Å². The highest BCUT2D eigenvalue weighted by Gasteiger charge is 2.54. The van der Waals surface area contributed by atoms with Gasteiger partial charge in [-0.2, -0.15) is 0 Å². The number of nitrogens with two attached hydrogens (primary N) is 1. The van der Waals surface area contributed by atoms with Crippen LogP contribution in [0.4, 0.5) is 0 Å². The topological polar surface area (TPSA) is 106 Å². The number of aryl methyl sites for hydroxylation is 2. The van der Waals surface area contributed by atoms with Crippen LogP contribution < -0.4 is 10.5 Å². The fourth-order valence-electron chi connectivity index (χ4n) is 5.16. The molecule has 0 saturated carbocycles. The summed E-state index contributed by atoms with van der Waals surface area (Å²) in [5.41, 5.74) is 9.43. The molecule has 1 saturated heterocycles. The number of hydrogen-bond acceptors (Lipinski definition) is 5. The van der Waals surface area contributed by atoms with E-state index in [9.17, 15) is 9.59 Å². The van der Waals surface area contributed by atoms with E-state index in [2.05, 4.69) is 12.1 Å². The summed E-state index contributed by atoms with van der Waals surface area (Å²) in [6.07, 6.45) is 1.99. The maximum atomic E-state index is 13.3. The van der Waals surface area contributed by atoms with Crippen molar-refractivity contribution in [1.29, 1.82) is 5.41 Å². The van der Waals surface area contributed by atoms with Gasteiger partial charge in [-0.3, -0.25) is 15.0 Å². The lowest BCUT2D eigenvalue weighted by Crippen LogP contribution is -2.41. The predicted molar refractivity (Wildman–Crippen MR) is 148 cm³/mol. The first kappa shape index (κ1) is 26.9. The van der Waals surface area contributed by atoms with Gasteiger partial charge in [0.1, 0.15) is 23.6 Å². The highest BCUT2D eigenvalue weighted by Crippen LogP contribution is 2.38. The lowest BCUT2D eigenvalue weighted by molar-refractivity contribution is -0.157. The first-order chi connectivity index (χ1) is 18.2. The largest absolute Gasteiger partial charge is 0.491 e. The van der Waals surface area contributed by atoms with Gasteiger partial charge >= 0.3 is 5.97 Å². The third kappa shape index (κ3) is 5.72. The van der Waals surface area contributed by atoms with Crippen molar-refractivity contribution >= 4 is 17.7 Å². The molecule has 1 amide bonds. The van der Waals surface area contributed by atoms with E-state index in [4.69, 9.17) is 20.6 Å². The minimum atomic E-state index is -1.21. The summed E-state index contributed by atoms with van der Waals surface area (Å²) in [7, 11) is 1.32. The molecule has 0 radical (unpaired) electrons. The first-order valence-electron chi connectivity index (χ1n) is 12.8. The van der Waals surface area contributed by atoms with Crippen LogP contribution in [0.15, 0.2) is 72.8 Å². The van der Waals surface area contributed by atoms with Gasteiger partial charge in [0.2, 0.25) is 5.91 Å². The molecule has 3 aromatic rings. The number of carbonyl (C=O) groups excluding carboxylic acids is 2. The van der Waals surface area contributed by atoms with Crippen molar-refractivity contribution in [3.05, 3.63) is 89.5 Å². The highest BCUT2D eigenvalue weighted by atomic mass is 16.5. The fourth-order valence-corrected chi connectivity index (χ4v) is 5.16. The number of nitrogens with zero attached hydrogens (tertiary/aromatic N) is 1. The van der Waals surface area contributed by atoms with Crippen molar-refractivity contribution in [3.8, 4) is 16.9 Å². The molecule has 198 valence electrons. The zero-order valence-corrected chi connectivity index (χ0v) is 22.2. The molecular weight excluding hydrogens is 478 g/mol. The van der Waals surface area contributed by atoms with Crippen LogP contribution in [-0.4, -0.2) is 48.9 Å². The minimum absolute atomic E-state index is 0.0474. The maximum Gasteiger partial charge on any atom is 0.321 e. The summed E-state index contributed by atoms with van der Waals surface area (Å²) in [5.74, 6) is 0.0285. The van der Waals surface area contributed by atoms with Gasteiger partial charge in [0.15, 0.2) is 0 Å². The SMILES string of the molecule is COC(=O)[C@@]1(C)C[C@@H](COc2ccc(-c3ccc(C(=N)N)cc3C)cc2)N(CCCc2ccccc2)C1=O. The molecule has 0 bridgehead atoms. The Morgan fingerprint density at radius 2 is 1.82 bits per heavy atom. The molecule has 38 heavy (non-hydrogen) atoms. The van der Waals surface area contributed by atoms with Crippen molar-refractivity contribution < 1.29 is 19.1 Å². The summed E-state index contributed by atoms with van der Waals surface area (Å²) in [4.78, 5) is 27.7. The average Bonchev–Trinajstić information content (AvgIpc) is 3.17. The number of hydrogen-bond donors (Lipinski definition) is 2. The van der Waals surface area contributed by atoms with E-state index in [0.29, 0.717) is 24.3 Å². The number of methoxy groups -OCH3 is 1. The van der Waals surface area contributed by atoms with Crippen LogP contribution in [-0.2, 0) is 20.7 Å². The Labute approximate surface area is 224 Å². The monoisotopic (exact) mass is 513 g/mol. The number of nitrogen functional groups attached to an aromatic ring is 1. The van der Waals surface area contributed by atoms with E-state index in [-0.39, 0.29) is 24.4 Å². The van der Waals surface area contributed by atoms with Gasteiger partial charge in [0.05, 0.1) is 13.2 Å². The lowest BCUT2D eigenvalue weighted by atomic mass is 9.87. The smallest absolute Gasteiger partial charge is 0.321 e. The Kier molecular flexibility index (Phi) is 8.15. The highest BCUT2D eigenvalue weighted by molar-refractivity contribution is 6.04. The Bertz CT molecular complexity index is 1310. The molecule has 1 aliphatic heterocycles. The zero-order valence-electron chi connectivity index (χ0n) is 22.2. The van der Waals surface area contributed by atoms with Crippen molar-refractivity contribution in [2.75, 3.05) is 20.3 Å². The number of likely N-dealkylation sites (tertiary alicyclic amines) is 1. The Balaban J connectivity index is 1.44. The van der Waals surface area contributed by atoms with Crippen LogP contribution in [0.3, 0.4) is 0 Å². The van der Waals surface area contributed by atoms with Gasteiger partial charge in [0, 0.05) is 12.1 Å². The van der Waals surface area contributed by atoms with Crippen molar-refractivity contribution in [1.82, 2.24) is 4.90 Å². The third-order valence-electron chi connectivity index (χ3n) is 7.31. The molecule has 2 atom stereocenters. The average molecular weight is 514 g/mol. The van der Waals surface area contributed by atoms with Crippen LogP contribution in [0.5, 0.6) is 5.75 Å². The molecule has 4 rings (SSSR count). The van der Waals surface area contributed by atoms with Crippen LogP contribution in [0, 0.1) is 17.7 Å². The van der Waals surface area contributed by atoms with Gasteiger partial charge < -0.3 is 20.1 Å². The molecule has 0 unspecified atom stereocenters. The zero-order chi connectivity index (χ0) is 27.3. The number of amides is 1. The molecule has 7 nitrogen and oxygen atoms in total.